The maximum absolute atomic E-state index is 12.7. The Morgan fingerprint density at radius 2 is 1.96 bits per heavy atom. The Morgan fingerprint density at radius 1 is 1.21 bits per heavy atom. The molecular formula is C19H25N5O4. The number of nitrogens with zero attached hydrogens (tertiary/aromatic N) is 4. The monoisotopic (exact) mass is 387 g/mol. The number of amides is 1. The Kier molecular flexibility index (Phi) is 6.25. The summed E-state index contributed by atoms with van der Waals surface area (Å²) in [6, 6.07) is 7.46. The van der Waals surface area contributed by atoms with E-state index in [1.165, 1.54) is 4.57 Å². The van der Waals surface area contributed by atoms with Crippen molar-refractivity contribution in [2.75, 3.05) is 31.7 Å². The molecule has 1 N–H and O–H groups in total. The first-order chi connectivity index (χ1) is 13.5. The Labute approximate surface area is 163 Å². The molecule has 0 unspecified atom stereocenters. The summed E-state index contributed by atoms with van der Waals surface area (Å²) in [6.45, 7) is 5.88. The molecule has 0 radical (unpaired) electrons. The fourth-order valence-electron chi connectivity index (χ4n) is 2.94. The summed E-state index contributed by atoms with van der Waals surface area (Å²) < 4.78 is 12.1. The van der Waals surface area contributed by atoms with E-state index in [-0.39, 0.29) is 11.8 Å². The van der Waals surface area contributed by atoms with Crippen molar-refractivity contribution >= 4 is 17.5 Å². The minimum atomic E-state index is -0.514. The number of rotatable bonds is 8. The zero-order chi connectivity index (χ0) is 20.1. The third-order valence-electron chi connectivity index (χ3n) is 4.37. The Balaban J connectivity index is 1.69. The van der Waals surface area contributed by atoms with Crippen molar-refractivity contribution in [3.8, 4) is 5.75 Å². The summed E-state index contributed by atoms with van der Waals surface area (Å²) in [7, 11) is 1.61. The summed E-state index contributed by atoms with van der Waals surface area (Å²) >= 11 is 0. The van der Waals surface area contributed by atoms with Crippen LogP contribution in [0.4, 0.5) is 11.6 Å². The largest absolute Gasteiger partial charge is 0.497 e. The van der Waals surface area contributed by atoms with E-state index in [1.54, 1.807) is 7.11 Å². The SMILES string of the molecule is COc1ccc(N2CCn3c2nnc(C(=O)NCCCOC(C)C)c3=O)cc1. The molecule has 1 aromatic carbocycles. The standard InChI is InChI=1S/C19H25N5O4/c1-13(2)28-12-4-9-20-17(25)16-18(26)24-11-10-23(19(24)22-21-16)14-5-7-15(27-3)8-6-14/h5-8,13H,4,9-12H2,1-3H3,(H,20,25). The molecule has 150 valence electrons. The van der Waals surface area contributed by atoms with Crippen LogP contribution < -0.4 is 20.5 Å². The molecule has 0 atom stereocenters. The number of benzene rings is 1. The van der Waals surface area contributed by atoms with Gasteiger partial charge < -0.3 is 19.7 Å². The third-order valence-corrected chi connectivity index (χ3v) is 4.37. The van der Waals surface area contributed by atoms with Crippen LogP contribution in [0.5, 0.6) is 5.75 Å². The lowest BCUT2D eigenvalue weighted by Crippen LogP contribution is -2.35. The summed E-state index contributed by atoms with van der Waals surface area (Å²) in [5, 5.41) is 10.7. The van der Waals surface area contributed by atoms with Crippen LogP contribution in [-0.4, -0.2) is 53.6 Å². The Hall–Kier alpha value is -2.94. The van der Waals surface area contributed by atoms with Crippen LogP contribution in [0.25, 0.3) is 0 Å². The van der Waals surface area contributed by atoms with Crippen molar-refractivity contribution < 1.29 is 14.3 Å². The van der Waals surface area contributed by atoms with Crippen molar-refractivity contribution in [3.63, 3.8) is 0 Å². The van der Waals surface area contributed by atoms with E-state index < -0.39 is 11.5 Å². The molecule has 1 amide bonds. The van der Waals surface area contributed by atoms with Crippen molar-refractivity contribution in [3.05, 3.63) is 40.3 Å². The number of hydrogen-bond donors (Lipinski definition) is 1. The van der Waals surface area contributed by atoms with Crippen molar-refractivity contribution in [2.45, 2.75) is 32.9 Å². The molecule has 0 fully saturated rings. The minimum absolute atomic E-state index is 0.150. The molecule has 1 aliphatic heterocycles. The van der Waals surface area contributed by atoms with Crippen LogP contribution in [0.3, 0.4) is 0 Å². The van der Waals surface area contributed by atoms with Gasteiger partial charge in [-0.25, -0.2) is 0 Å². The summed E-state index contributed by atoms with van der Waals surface area (Å²) in [6.07, 6.45) is 0.811. The molecular weight excluding hydrogens is 362 g/mol. The zero-order valence-corrected chi connectivity index (χ0v) is 16.3. The van der Waals surface area contributed by atoms with Gasteiger partial charge in [0.2, 0.25) is 11.6 Å². The van der Waals surface area contributed by atoms with Gasteiger partial charge in [0, 0.05) is 31.9 Å². The van der Waals surface area contributed by atoms with Crippen LogP contribution in [-0.2, 0) is 11.3 Å². The van der Waals surface area contributed by atoms with Crippen LogP contribution in [0, 0.1) is 0 Å². The molecule has 2 aromatic rings. The van der Waals surface area contributed by atoms with E-state index in [9.17, 15) is 9.59 Å². The van der Waals surface area contributed by atoms with Gasteiger partial charge in [-0.2, -0.15) is 0 Å². The van der Waals surface area contributed by atoms with E-state index >= 15 is 0 Å². The third kappa shape index (κ3) is 4.30. The van der Waals surface area contributed by atoms with E-state index in [0.29, 0.717) is 38.6 Å². The second-order valence-corrected chi connectivity index (χ2v) is 6.68. The molecule has 0 saturated carbocycles. The molecule has 2 heterocycles. The van der Waals surface area contributed by atoms with Crippen molar-refractivity contribution in [1.29, 1.82) is 0 Å². The predicted octanol–water partition coefficient (Wildman–Crippen LogP) is 1.34. The smallest absolute Gasteiger partial charge is 0.286 e. The quantitative estimate of drug-likeness (QED) is 0.683. The molecule has 3 rings (SSSR count). The van der Waals surface area contributed by atoms with Gasteiger partial charge in [0.25, 0.3) is 11.5 Å². The van der Waals surface area contributed by atoms with Gasteiger partial charge in [-0.15, -0.1) is 10.2 Å². The number of ether oxygens (including phenoxy) is 2. The molecule has 0 spiro atoms. The highest BCUT2D eigenvalue weighted by Crippen LogP contribution is 2.28. The lowest BCUT2D eigenvalue weighted by molar-refractivity contribution is 0.0756. The van der Waals surface area contributed by atoms with Gasteiger partial charge in [0.15, 0.2) is 0 Å². The van der Waals surface area contributed by atoms with E-state index in [1.807, 2.05) is 43.0 Å². The average Bonchev–Trinajstić information content (AvgIpc) is 3.12. The molecule has 9 nitrogen and oxygen atoms in total. The zero-order valence-electron chi connectivity index (χ0n) is 16.3. The van der Waals surface area contributed by atoms with E-state index in [0.717, 1.165) is 11.4 Å². The average molecular weight is 387 g/mol. The fraction of sp³-hybridized carbons (Fsp3) is 0.474. The molecule has 0 saturated heterocycles. The van der Waals surface area contributed by atoms with Crippen LogP contribution in [0.2, 0.25) is 0 Å². The van der Waals surface area contributed by atoms with Gasteiger partial charge in [0.05, 0.1) is 13.2 Å². The number of carbonyl (C=O) groups is 1. The summed E-state index contributed by atoms with van der Waals surface area (Å²) in [4.78, 5) is 26.9. The number of fused-ring (bicyclic) bond motifs is 1. The predicted molar refractivity (Wildman–Crippen MR) is 104 cm³/mol. The maximum atomic E-state index is 12.7. The van der Waals surface area contributed by atoms with Gasteiger partial charge in [-0.1, -0.05) is 0 Å². The second kappa shape index (κ2) is 8.83. The number of aromatic nitrogens is 3. The Morgan fingerprint density at radius 3 is 2.64 bits per heavy atom. The lowest BCUT2D eigenvalue weighted by atomic mass is 10.3. The number of methoxy groups -OCH3 is 1. The topological polar surface area (TPSA) is 98.6 Å². The minimum Gasteiger partial charge on any atom is -0.497 e. The molecule has 0 bridgehead atoms. The van der Waals surface area contributed by atoms with Gasteiger partial charge >= 0.3 is 0 Å². The molecule has 1 aliphatic rings. The van der Waals surface area contributed by atoms with E-state index in [2.05, 4.69) is 15.5 Å². The first-order valence-corrected chi connectivity index (χ1v) is 9.30. The molecule has 0 aliphatic carbocycles. The number of hydrogen-bond acceptors (Lipinski definition) is 7. The first kappa shape index (κ1) is 19.8. The number of nitrogens with one attached hydrogen (secondary N) is 1. The number of carbonyl (C=O) groups excluding carboxylic acids is 1. The summed E-state index contributed by atoms with van der Waals surface area (Å²) in [5.41, 5.74) is 0.255. The molecule has 1 aromatic heterocycles. The lowest BCUT2D eigenvalue weighted by Gasteiger charge is -2.17. The second-order valence-electron chi connectivity index (χ2n) is 6.68. The number of anilines is 2. The van der Waals surface area contributed by atoms with Crippen molar-refractivity contribution in [2.24, 2.45) is 0 Å². The van der Waals surface area contributed by atoms with E-state index in [4.69, 9.17) is 9.47 Å². The van der Waals surface area contributed by atoms with Gasteiger partial charge in [-0.05, 0) is 44.5 Å². The highest BCUT2D eigenvalue weighted by molar-refractivity contribution is 5.91. The first-order valence-electron chi connectivity index (χ1n) is 9.30. The van der Waals surface area contributed by atoms with Crippen molar-refractivity contribution in [1.82, 2.24) is 20.1 Å². The van der Waals surface area contributed by atoms with Crippen LogP contribution >= 0.6 is 0 Å². The Bertz CT molecular complexity index is 879. The van der Waals surface area contributed by atoms with Crippen LogP contribution in [0.1, 0.15) is 30.8 Å². The highest BCUT2D eigenvalue weighted by Gasteiger charge is 2.27. The highest BCUT2D eigenvalue weighted by atomic mass is 16.5. The normalized spacial score (nSPS) is 12.9. The van der Waals surface area contributed by atoms with Gasteiger partial charge in [0.1, 0.15) is 5.75 Å². The molecule has 28 heavy (non-hydrogen) atoms. The van der Waals surface area contributed by atoms with Crippen LogP contribution in [0.15, 0.2) is 29.1 Å². The maximum Gasteiger partial charge on any atom is 0.286 e. The van der Waals surface area contributed by atoms with Gasteiger partial charge in [-0.3, -0.25) is 14.2 Å². The molecule has 9 heteroatoms. The summed E-state index contributed by atoms with van der Waals surface area (Å²) in [5.74, 6) is 0.662. The fourth-order valence-corrected chi connectivity index (χ4v) is 2.94.